The van der Waals surface area contributed by atoms with Crippen molar-refractivity contribution in [2.24, 2.45) is 17.8 Å². The summed E-state index contributed by atoms with van der Waals surface area (Å²) in [6.45, 7) is 3.21. The van der Waals surface area contributed by atoms with Crippen LogP contribution in [-0.2, 0) is 19.2 Å². The molecule has 0 unspecified atom stereocenters. The van der Waals surface area contributed by atoms with Crippen molar-refractivity contribution in [1.82, 2.24) is 0 Å². The average Bonchev–Trinajstić information content (AvgIpc) is 3.17. The number of halogens is 1. The van der Waals surface area contributed by atoms with Gasteiger partial charge in [-0.1, -0.05) is 23.8 Å². The third-order valence-electron chi connectivity index (χ3n) is 8.42. The molecule has 2 amide bonds. The van der Waals surface area contributed by atoms with Crippen LogP contribution in [-0.4, -0.2) is 34.3 Å². The van der Waals surface area contributed by atoms with Gasteiger partial charge in [0.25, 0.3) is 0 Å². The topological polar surface area (TPSA) is 109 Å². The van der Waals surface area contributed by atoms with E-state index in [1.54, 1.807) is 49.4 Å². The number of carbonyl (C=O) groups excluding carboxylic acids is 5. The highest BCUT2D eigenvalue weighted by atomic mass is 79.9. The molecule has 3 aliphatic carbocycles. The summed E-state index contributed by atoms with van der Waals surface area (Å²) in [5, 5.41) is 10.1. The Bertz CT molecular complexity index is 1610. The van der Waals surface area contributed by atoms with Crippen LogP contribution >= 0.6 is 15.9 Å². The van der Waals surface area contributed by atoms with Gasteiger partial charge < -0.3 is 5.11 Å². The molecule has 6 rings (SSSR count). The SMILES string of the molecule is CC(=O)c1ccc(N2C(=O)[C@H]3[C@H](CC=C4[C@H](c5ccc(O)c(C)c5)C5=C(C[C@H]43)C(=O)C(Br)=CC5=O)C2=O)cc1. The quantitative estimate of drug-likeness (QED) is 0.238. The van der Waals surface area contributed by atoms with Gasteiger partial charge in [-0.15, -0.1) is 0 Å². The zero-order chi connectivity index (χ0) is 27.7. The lowest BCUT2D eigenvalue weighted by Crippen LogP contribution is -2.39. The van der Waals surface area contributed by atoms with E-state index in [1.165, 1.54) is 17.9 Å². The van der Waals surface area contributed by atoms with Crippen LogP contribution in [0.15, 0.2) is 75.8 Å². The van der Waals surface area contributed by atoms with E-state index in [-0.39, 0.29) is 45.8 Å². The van der Waals surface area contributed by atoms with Crippen LogP contribution in [0.4, 0.5) is 5.69 Å². The smallest absolute Gasteiger partial charge is 0.238 e. The Labute approximate surface area is 233 Å². The first-order valence-corrected chi connectivity index (χ1v) is 13.5. The molecule has 8 heteroatoms. The fourth-order valence-electron chi connectivity index (χ4n) is 6.54. The number of hydrogen-bond donors (Lipinski definition) is 1. The maximum atomic E-state index is 13.9. The van der Waals surface area contributed by atoms with E-state index < -0.39 is 23.7 Å². The lowest BCUT2D eigenvalue weighted by atomic mass is 9.59. The van der Waals surface area contributed by atoms with Gasteiger partial charge >= 0.3 is 0 Å². The van der Waals surface area contributed by atoms with E-state index in [1.807, 2.05) is 6.08 Å². The highest BCUT2D eigenvalue weighted by molar-refractivity contribution is 9.12. The monoisotopic (exact) mass is 585 g/mol. The molecule has 4 aliphatic rings. The molecule has 1 fully saturated rings. The molecule has 1 heterocycles. The summed E-state index contributed by atoms with van der Waals surface area (Å²) < 4.78 is 0.174. The number of ketones is 3. The predicted octanol–water partition coefficient (Wildman–Crippen LogP) is 4.87. The van der Waals surface area contributed by atoms with Gasteiger partial charge in [0.1, 0.15) is 5.75 Å². The van der Waals surface area contributed by atoms with Gasteiger partial charge in [0.05, 0.1) is 22.0 Å². The number of fused-ring (bicyclic) bond motifs is 3. The minimum atomic E-state index is -0.688. The van der Waals surface area contributed by atoms with E-state index in [0.717, 1.165) is 11.1 Å². The second kappa shape index (κ2) is 9.09. The lowest BCUT2D eigenvalue weighted by molar-refractivity contribution is -0.123. The molecule has 0 radical (unpaired) electrons. The van der Waals surface area contributed by atoms with Crippen molar-refractivity contribution in [2.45, 2.75) is 32.6 Å². The number of rotatable bonds is 3. The molecule has 39 heavy (non-hydrogen) atoms. The van der Waals surface area contributed by atoms with E-state index in [2.05, 4.69) is 15.9 Å². The summed E-state index contributed by atoms with van der Waals surface area (Å²) in [6, 6.07) is 11.5. The molecule has 0 saturated carbocycles. The predicted molar refractivity (Wildman–Crippen MR) is 146 cm³/mol. The fraction of sp³-hybridized carbons (Fsp3) is 0.258. The van der Waals surface area contributed by atoms with Gasteiger partial charge in [0, 0.05) is 28.7 Å². The number of imide groups is 1. The number of amides is 2. The van der Waals surface area contributed by atoms with Gasteiger partial charge in [0.2, 0.25) is 11.8 Å². The Kier molecular flexibility index (Phi) is 5.91. The number of allylic oxidation sites excluding steroid dienone is 6. The Morgan fingerprint density at radius 1 is 1.00 bits per heavy atom. The van der Waals surface area contributed by atoms with Crippen LogP contribution < -0.4 is 4.90 Å². The van der Waals surface area contributed by atoms with Crippen LogP contribution in [0.5, 0.6) is 5.75 Å². The first-order valence-electron chi connectivity index (χ1n) is 12.8. The number of carbonyl (C=O) groups is 5. The minimum Gasteiger partial charge on any atom is -0.508 e. The maximum Gasteiger partial charge on any atom is 0.238 e. The van der Waals surface area contributed by atoms with E-state index in [0.29, 0.717) is 34.4 Å². The van der Waals surface area contributed by atoms with Gasteiger partial charge in [-0.3, -0.25) is 28.9 Å². The van der Waals surface area contributed by atoms with Crippen molar-refractivity contribution >= 4 is 50.8 Å². The average molecular weight is 586 g/mol. The Morgan fingerprint density at radius 3 is 2.38 bits per heavy atom. The zero-order valence-corrected chi connectivity index (χ0v) is 22.8. The van der Waals surface area contributed by atoms with Crippen molar-refractivity contribution in [3.05, 3.63) is 92.5 Å². The van der Waals surface area contributed by atoms with E-state index in [4.69, 9.17) is 0 Å². The first kappa shape index (κ1) is 25.4. The fourth-order valence-corrected chi connectivity index (χ4v) is 6.99. The number of nitrogens with zero attached hydrogens (tertiary/aromatic N) is 1. The number of benzene rings is 2. The zero-order valence-electron chi connectivity index (χ0n) is 21.2. The van der Waals surface area contributed by atoms with E-state index in [9.17, 15) is 29.1 Å². The maximum absolute atomic E-state index is 13.9. The van der Waals surface area contributed by atoms with Crippen molar-refractivity contribution in [3.8, 4) is 5.75 Å². The second-order valence-electron chi connectivity index (χ2n) is 10.6. The Balaban J connectivity index is 1.46. The number of aromatic hydroxyl groups is 1. The summed E-state index contributed by atoms with van der Waals surface area (Å²) in [6.07, 6.45) is 3.77. The number of hydrogen-bond acceptors (Lipinski definition) is 6. The highest BCUT2D eigenvalue weighted by Crippen LogP contribution is 2.55. The summed E-state index contributed by atoms with van der Waals surface area (Å²) in [5.41, 5.74) is 3.86. The van der Waals surface area contributed by atoms with Gasteiger partial charge in [-0.25, -0.2) is 0 Å². The Morgan fingerprint density at radius 2 is 1.72 bits per heavy atom. The molecule has 2 aromatic rings. The third-order valence-corrected chi connectivity index (χ3v) is 9.01. The van der Waals surface area contributed by atoms with Crippen LogP contribution in [0.1, 0.15) is 47.2 Å². The largest absolute Gasteiger partial charge is 0.508 e. The summed E-state index contributed by atoms with van der Waals surface area (Å²) in [4.78, 5) is 67.0. The van der Waals surface area contributed by atoms with Gasteiger partial charge in [0.15, 0.2) is 17.3 Å². The first-order chi connectivity index (χ1) is 18.6. The number of phenolic OH excluding ortho intramolecular Hbond substituents is 1. The summed E-state index contributed by atoms with van der Waals surface area (Å²) in [5.74, 6) is -3.50. The number of anilines is 1. The molecule has 4 atom stereocenters. The minimum absolute atomic E-state index is 0.114. The normalized spacial score (nSPS) is 26.2. The van der Waals surface area contributed by atoms with Crippen LogP contribution in [0.25, 0.3) is 0 Å². The van der Waals surface area contributed by atoms with Crippen molar-refractivity contribution < 1.29 is 29.1 Å². The molecular formula is C31H24BrNO6. The molecular weight excluding hydrogens is 562 g/mol. The number of phenols is 1. The third kappa shape index (κ3) is 3.80. The molecule has 0 aromatic heterocycles. The number of aryl methyl sites for hydroxylation is 1. The molecule has 7 nitrogen and oxygen atoms in total. The number of Topliss-reactive ketones (excluding diaryl/α,β-unsaturated/α-hetero) is 2. The van der Waals surface area contributed by atoms with Gasteiger partial charge in [-0.05, 0) is 90.0 Å². The molecule has 1 saturated heterocycles. The summed E-state index contributed by atoms with van der Waals surface area (Å²) >= 11 is 3.23. The van der Waals surface area contributed by atoms with Crippen LogP contribution in [0, 0.1) is 24.7 Å². The lowest BCUT2D eigenvalue weighted by Gasteiger charge is -2.42. The molecule has 0 bridgehead atoms. The van der Waals surface area contributed by atoms with Crippen molar-refractivity contribution in [3.63, 3.8) is 0 Å². The summed E-state index contributed by atoms with van der Waals surface area (Å²) in [7, 11) is 0. The molecule has 2 aromatic carbocycles. The van der Waals surface area contributed by atoms with Crippen molar-refractivity contribution in [2.75, 3.05) is 4.90 Å². The molecule has 196 valence electrons. The van der Waals surface area contributed by atoms with Crippen LogP contribution in [0.3, 0.4) is 0 Å². The molecule has 1 aliphatic heterocycles. The standard InChI is InChI=1S/C31H24BrNO6/c1-14-11-17(5-10-24(14)35)26-19-8-9-20-27(21(19)12-22-28(26)25(36)13-23(32)29(22)37)31(39)33(30(20)38)18-6-3-16(4-7-18)15(2)34/h3-8,10-11,13,20-21,26-27,35H,9,12H2,1-2H3/t20-,21+,26-,27-/m0/s1. The highest BCUT2D eigenvalue weighted by Gasteiger charge is 2.56. The second-order valence-corrected chi connectivity index (χ2v) is 11.4. The molecule has 0 spiro atoms. The van der Waals surface area contributed by atoms with E-state index >= 15 is 0 Å². The van der Waals surface area contributed by atoms with Crippen molar-refractivity contribution in [1.29, 1.82) is 0 Å². The van der Waals surface area contributed by atoms with Crippen LogP contribution in [0.2, 0.25) is 0 Å². The van der Waals surface area contributed by atoms with Gasteiger partial charge in [-0.2, -0.15) is 0 Å². The molecule has 1 N–H and O–H groups in total. The Hall–Kier alpha value is -3.91.